The highest BCUT2D eigenvalue weighted by molar-refractivity contribution is 5.91. The number of furan rings is 1. The fourth-order valence-electron chi connectivity index (χ4n) is 1.53. The molecule has 0 aliphatic rings. The lowest BCUT2D eigenvalue weighted by atomic mass is 10.3. The Labute approximate surface area is 116 Å². The first-order valence-electron chi connectivity index (χ1n) is 6.24. The van der Waals surface area contributed by atoms with Crippen molar-refractivity contribution >= 4 is 17.8 Å². The van der Waals surface area contributed by atoms with Crippen LogP contribution in [0, 0.1) is 0 Å². The minimum atomic E-state index is -0.472. The SMILES string of the molecule is CCN(CC(=O)OC)C(=O)CCNC(=O)c1ccco1. The normalized spacial score (nSPS) is 9.90. The molecule has 1 N–H and O–H groups in total. The lowest BCUT2D eigenvalue weighted by Crippen LogP contribution is -2.38. The first-order valence-corrected chi connectivity index (χ1v) is 6.24. The molecule has 0 bridgehead atoms. The van der Waals surface area contributed by atoms with Gasteiger partial charge in [-0.25, -0.2) is 0 Å². The molecule has 0 radical (unpaired) electrons. The number of hydrogen-bond acceptors (Lipinski definition) is 5. The summed E-state index contributed by atoms with van der Waals surface area (Å²) in [5.74, 6) is -0.879. The molecule has 1 aromatic rings. The van der Waals surface area contributed by atoms with Crippen LogP contribution in [0.5, 0.6) is 0 Å². The summed E-state index contributed by atoms with van der Waals surface area (Å²) in [6.45, 7) is 2.26. The monoisotopic (exact) mass is 282 g/mol. The number of methoxy groups -OCH3 is 1. The molecule has 0 saturated heterocycles. The highest BCUT2D eigenvalue weighted by atomic mass is 16.5. The first kappa shape index (κ1) is 15.7. The van der Waals surface area contributed by atoms with Gasteiger partial charge in [0, 0.05) is 19.5 Å². The number of amides is 2. The smallest absolute Gasteiger partial charge is 0.325 e. The van der Waals surface area contributed by atoms with Gasteiger partial charge in [-0.2, -0.15) is 0 Å². The Kier molecular flexibility index (Phi) is 6.28. The Bertz CT molecular complexity index is 455. The van der Waals surface area contributed by atoms with Crippen molar-refractivity contribution in [3.8, 4) is 0 Å². The van der Waals surface area contributed by atoms with Crippen LogP contribution in [0.3, 0.4) is 0 Å². The molecule has 0 atom stereocenters. The van der Waals surface area contributed by atoms with E-state index in [4.69, 9.17) is 4.42 Å². The Morgan fingerprint density at radius 2 is 2.15 bits per heavy atom. The molecule has 0 aliphatic heterocycles. The number of nitrogens with zero attached hydrogens (tertiary/aromatic N) is 1. The van der Waals surface area contributed by atoms with E-state index in [1.807, 2.05) is 0 Å². The number of nitrogens with one attached hydrogen (secondary N) is 1. The average Bonchev–Trinajstić information content (AvgIpc) is 2.98. The van der Waals surface area contributed by atoms with E-state index < -0.39 is 5.97 Å². The van der Waals surface area contributed by atoms with Gasteiger partial charge in [-0.15, -0.1) is 0 Å². The number of ether oxygens (including phenoxy) is 1. The molecule has 0 unspecified atom stereocenters. The maximum absolute atomic E-state index is 11.8. The molecular formula is C13H18N2O5. The van der Waals surface area contributed by atoms with Gasteiger partial charge in [-0.3, -0.25) is 14.4 Å². The average molecular weight is 282 g/mol. The molecule has 0 aromatic carbocycles. The van der Waals surface area contributed by atoms with Crippen LogP contribution in [0.15, 0.2) is 22.8 Å². The minimum absolute atomic E-state index is 0.0854. The van der Waals surface area contributed by atoms with E-state index in [0.29, 0.717) is 6.54 Å². The Morgan fingerprint density at radius 3 is 2.70 bits per heavy atom. The summed E-state index contributed by atoms with van der Waals surface area (Å²) in [6.07, 6.45) is 1.51. The Balaban J connectivity index is 2.34. The van der Waals surface area contributed by atoms with Gasteiger partial charge < -0.3 is 19.4 Å². The summed E-state index contributed by atoms with van der Waals surface area (Å²) in [6, 6.07) is 3.14. The number of esters is 1. The van der Waals surface area contributed by atoms with Gasteiger partial charge in [0.1, 0.15) is 6.54 Å². The molecule has 110 valence electrons. The maximum Gasteiger partial charge on any atom is 0.325 e. The third-order valence-corrected chi connectivity index (χ3v) is 2.65. The summed E-state index contributed by atoms with van der Waals surface area (Å²) in [4.78, 5) is 35.9. The second kappa shape index (κ2) is 7.98. The van der Waals surface area contributed by atoms with E-state index in [1.165, 1.54) is 24.3 Å². The minimum Gasteiger partial charge on any atom is -0.468 e. The number of rotatable bonds is 7. The molecule has 1 aromatic heterocycles. The largest absolute Gasteiger partial charge is 0.468 e. The molecule has 2 amide bonds. The van der Waals surface area contributed by atoms with Crippen LogP contribution in [-0.2, 0) is 14.3 Å². The number of likely N-dealkylation sites (N-methyl/N-ethyl adjacent to an activating group) is 1. The second-order valence-electron chi connectivity index (χ2n) is 3.97. The molecule has 1 rings (SSSR count). The van der Waals surface area contributed by atoms with Gasteiger partial charge in [-0.05, 0) is 19.1 Å². The molecule has 0 aliphatic carbocycles. The fraction of sp³-hybridized carbons (Fsp3) is 0.462. The number of carbonyl (C=O) groups excluding carboxylic acids is 3. The van der Waals surface area contributed by atoms with Crippen LogP contribution >= 0.6 is 0 Å². The lowest BCUT2D eigenvalue weighted by Gasteiger charge is -2.19. The molecule has 1 heterocycles. The highest BCUT2D eigenvalue weighted by Gasteiger charge is 2.16. The maximum atomic E-state index is 11.8. The van der Waals surface area contributed by atoms with Crippen molar-refractivity contribution in [1.82, 2.24) is 10.2 Å². The van der Waals surface area contributed by atoms with Crippen molar-refractivity contribution in [2.24, 2.45) is 0 Å². The van der Waals surface area contributed by atoms with Crippen LogP contribution in [0.2, 0.25) is 0 Å². The summed E-state index contributed by atoms with van der Waals surface area (Å²) in [5, 5.41) is 2.57. The van der Waals surface area contributed by atoms with E-state index in [0.717, 1.165) is 0 Å². The van der Waals surface area contributed by atoms with E-state index in [2.05, 4.69) is 10.1 Å². The van der Waals surface area contributed by atoms with E-state index in [9.17, 15) is 14.4 Å². The predicted octanol–water partition coefficient (Wildman–Crippen LogP) is 0.421. The molecule has 20 heavy (non-hydrogen) atoms. The number of carbonyl (C=O) groups is 3. The van der Waals surface area contributed by atoms with Crippen LogP contribution < -0.4 is 5.32 Å². The predicted molar refractivity (Wildman–Crippen MR) is 69.9 cm³/mol. The van der Waals surface area contributed by atoms with Crippen molar-refractivity contribution in [3.05, 3.63) is 24.2 Å². The zero-order valence-corrected chi connectivity index (χ0v) is 11.5. The standard InChI is InChI=1S/C13H18N2O5/c1-3-15(9-12(17)19-2)11(16)6-7-14-13(18)10-5-4-8-20-10/h4-5,8H,3,6-7,9H2,1-2H3,(H,14,18). The third-order valence-electron chi connectivity index (χ3n) is 2.65. The van der Waals surface area contributed by atoms with Gasteiger partial charge in [0.05, 0.1) is 13.4 Å². The molecule has 7 heteroatoms. The van der Waals surface area contributed by atoms with Gasteiger partial charge in [-0.1, -0.05) is 0 Å². The summed E-state index contributed by atoms with van der Waals surface area (Å²) in [7, 11) is 1.27. The quantitative estimate of drug-likeness (QED) is 0.732. The molecular weight excluding hydrogens is 264 g/mol. The van der Waals surface area contributed by atoms with Gasteiger partial charge in [0.15, 0.2) is 5.76 Å². The van der Waals surface area contributed by atoms with E-state index in [-0.39, 0.29) is 37.1 Å². The van der Waals surface area contributed by atoms with Crippen molar-refractivity contribution in [3.63, 3.8) is 0 Å². The fourth-order valence-corrected chi connectivity index (χ4v) is 1.53. The summed E-state index contributed by atoms with van der Waals surface area (Å²) in [5.41, 5.74) is 0. The van der Waals surface area contributed by atoms with E-state index in [1.54, 1.807) is 13.0 Å². The zero-order valence-electron chi connectivity index (χ0n) is 11.5. The van der Waals surface area contributed by atoms with Crippen molar-refractivity contribution in [2.45, 2.75) is 13.3 Å². The summed E-state index contributed by atoms with van der Waals surface area (Å²) < 4.78 is 9.43. The Hall–Kier alpha value is -2.31. The van der Waals surface area contributed by atoms with Crippen molar-refractivity contribution < 1.29 is 23.5 Å². The Morgan fingerprint density at radius 1 is 1.40 bits per heavy atom. The van der Waals surface area contributed by atoms with Crippen LogP contribution in [0.4, 0.5) is 0 Å². The van der Waals surface area contributed by atoms with Gasteiger partial charge >= 0.3 is 5.97 Å². The number of hydrogen-bond donors (Lipinski definition) is 1. The van der Waals surface area contributed by atoms with Gasteiger partial charge in [0.25, 0.3) is 5.91 Å². The highest BCUT2D eigenvalue weighted by Crippen LogP contribution is 2.00. The van der Waals surface area contributed by atoms with Crippen LogP contribution in [0.25, 0.3) is 0 Å². The third kappa shape index (κ3) is 4.75. The molecule has 7 nitrogen and oxygen atoms in total. The molecule has 0 fully saturated rings. The lowest BCUT2D eigenvalue weighted by molar-refractivity contribution is -0.146. The topological polar surface area (TPSA) is 88.9 Å². The second-order valence-corrected chi connectivity index (χ2v) is 3.97. The zero-order chi connectivity index (χ0) is 15.0. The van der Waals surface area contributed by atoms with Crippen molar-refractivity contribution in [1.29, 1.82) is 0 Å². The van der Waals surface area contributed by atoms with Crippen molar-refractivity contribution in [2.75, 3.05) is 26.7 Å². The van der Waals surface area contributed by atoms with E-state index >= 15 is 0 Å². The molecule has 0 saturated carbocycles. The van der Waals surface area contributed by atoms with Crippen LogP contribution in [-0.4, -0.2) is 49.4 Å². The summed E-state index contributed by atoms with van der Waals surface area (Å²) >= 11 is 0. The van der Waals surface area contributed by atoms with Gasteiger partial charge in [0.2, 0.25) is 5.91 Å². The molecule has 0 spiro atoms. The first-order chi connectivity index (χ1) is 9.58. The van der Waals surface area contributed by atoms with Crippen LogP contribution in [0.1, 0.15) is 23.9 Å².